The summed E-state index contributed by atoms with van der Waals surface area (Å²) < 4.78 is 0. The van der Waals surface area contributed by atoms with Crippen molar-refractivity contribution in [3.05, 3.63) is 107 Å². The molecule has 0 aliphatic heterocycles. The molecule has 4 aromatic rings. The lowest BCUT2D eigenvalue weighted by Crippen LogP contribution is -2.41. The molecule has 1 saturated carbocycles. The highest BCUT2D eigenvalue weighted by Crippen LogP contribution is 2.29. The highest BCUT2D eigenvalue weighted by atomic mass is 16.2. The summed E-state index contributed by atoms with van der Waals surface area (Å²) in [6.07, 6.45) is 5.29. The Bertz CT molecular complexity index is 1310. The number of fused-ring (bicyclic) bond motifs is 1. The Morgan fingerprint density at radius 2 is 1.54 bits per heavy atom. The van der Waals surface area contributed by atoms with Gasteiger partial charge in [0.1, 0.15) is 0 Å². The maximum atomic E-state index is 13.8. The van der Waals surface area contributed by atoms with Crippen molar-refractivity contribution in [3.63, 3.8) is 0 Å². The van der Waals surface area contributed by atoms with Gasteiger partial charge in [0.2, 0.25) is 5.91 Å². The average molecular weight is 494 g/mol. The number of carbonyl (C=O) groups excluding carboxylic acids is 1. The van der Waals surface area contributed by atoms with E-state index in [1.165, 1.54) is 40.5 Å². The van der Waals surface area contributed by atoms with Crippen molar-refractivity contribution < 1.29 is 4.79 Å². The monoisotopic (exact) mass is 493 g/mol. The molecule has 0 radical (unpaired) electrons. The predicted octanol–water partition coefficient (Wildman–Crippen LogP) is 6.70. The van der Waals surface area contributed by atoms with Crippen LogP contribution >= 0.6 is 0 Å². The van der Waals surface area contributed by atoms with Crippen LogP contribution in [0.1, 0.15) is 55.9 Å². The van der Waals surface area contributed by atoms with Gasteiger partial charge in [-0.05, 0) is 53.0 Å². The molecular weight excluding hydrogens is 454 g/mol. The second kappa shape index (κ2) is 10.9. The Balaban J connectivity index is 1.33. The van der Waals surface area contributed by atoms with Crippen LogP contribution in [-0.2, 0) is 29.7 Å². The molecule has 1 aliphatic carbocycles. The van der Waals surface area contributed by atoms with Crippen LogP contribution in [0.2, 0.25) is 0 Å². The quantitative estimate of drug-likeness (QED) is 0.267. The third kappa shape index (κ3) is 6.50. The lowest BCUT2D eigenvalue weighted by Gasteiger charge is -2.28. The fraction of sp³-hybridized carbons (Fsp3) is 0.364. The first-order valence-corrected chi connectivity index (χ1v) is 13.6. The molecule has 37 heavy (non-hydrogen) atoms. The van der Waals surface area contributed by atoms with Gasteiger partial charge in [0.15, 0.2) is 0 Å². The van der Waals surface area contributed by atoms with Crippen LogP contribution in [0.4, 0.5) is 0 Å². The molecule has 0 spiro atoms. The van der Waals surface area contributed by atoms with Gasteiger partial charge in [-0.3, -0.25) is 9.69 Å². The van der Waals surface area contributed by atoms with Crippen LogP contribution in [-0.4, -0.2) is 39.8 Å². The molecule has 3 aromatic carbocycles. The van der Waals surface area contributed by atoms with Gasteiger partial charge in [-0.1, -0.05) is 93.6 Å². The normalized spacial score (nSPS) is 13.8. The Labute approximate surface area is 221 Å². The van der Waals surface area contributed by atoms with E-state index >= 15 is 0 Å². The molecule has 1 fully saturated rings. The number of rotatable bonds is 10. The molecule has 0 bridgehead atoms. The maximum absolute atomic E-state index is 13.8. The minimum absolute atomic E-state index is 0.117. The van der Waals surface area contributed by atoms with Crippen molar-refractivity contribution >= 4 is 16.8 Å². The molecule has 1 aliphatic rings. The molecule has 192 valence electrons. The lowest BCUT2D eigenvalue weighted by atomic mass is 9.87. The molecule has 0 atom stereocenters. The van der Waals surface area contributed by atoms with Gasteiger partial charge in [0.05, 0.1) is 6.54 Å². The molecule has 4 nitrogen and oxygen atoms in total. The van der Waals surface area contributed by atoms with E-state index in [1.807, 2.05) is 6.07 Å². The van der Waals surface area contributed by atoms with Crippen LogP contribution in [0.15, 0.2) is 85.1 Å². The Hall–Kier alpha value is -3.37. The van der Waals surface area contributed by atoms with Gasteiger partial charge < -0.3 is 9.88 Å². The van der Waals surface area contributed by atoms with E-state index in [9.17, 15) is 4.79 Å². The van der Waals surface area contributed by atoms with Crippen molar-refractivity contribution in [3.8, 4) is 0 Å². The Morgan fingerprint density at radius 3 is 2.24 bits per heavy atom. The fourth-order valence-corrected chi connectivity index (χ4v) is 5.06. The second-order valence-corrected chi connectivity index (χ2v) is 11.5. The third-order valence-corrected chi connectivity index (χ3v) is 7.50. The summed E-state index contributed by atoms with van der Waals surface area (Å²) in [5, 5.41) is 1.24. The first kappa shape index (κ1) is 25.3. The number of hydrogen-bond acceptors (Lipinski definition) is 2. The minimum atomic E-state index is 0.117. The molecule has 0 saturated heterocycles. The van der Waals surface area contributed by atoms with E-state index in [4.69, 9.17) is 0 Å². The van der Waals surface area contributed by atoms with E-state index < -0.39 is 0 Å². The average Bonchev–Trinajstić information content (AvgIpc) is 3.67. The van der Waals surface area contributed by atoms with Gasteiger partial charge in [-0.2, -0.15) is 0 Å². The first-order valence-electron chi connectivity index (χ1n) is 13.6. The summed E-state index contributed by atoms with van der Waals surface area (Å²) in [5.41, 5.74) is 6.30. The zero-order valence-corrected chi connectivity index (χ0v) is 22.4. The third-order valence-electron chi connectivity index (χ3n) is 7.50. The summed E-state index contributed by atoms with van der Waals surface area (Å²) in [6, 6.07) is 28.2. The van der Waals surface area contributed by atoms with Crippen molar-refractivity contribution in [2.45, 2.75) is 64.6 Å². The summed E-state index contributed by atoms with van der Waals surface area (Å²) in [4.78, 5) is 21.6. The topological polar surface area (TPSA) is 39.3 Å². The van der Waals surface area contributed by atoms with Crippen molar-refractivity contribution in [2.24, 2.45) is 0 Å². The maximum Gasteiger partial charge on any atom is 0.237 e. The number of amides is 1. The van der Waals surface area contributed by atoms with Crippen LogP contribution < -0.4 is 0 Å². The van der Waals surface area contributed by atoms with E-state index in [0.717, 1.165) is 18.5 Å². The number of hydrogen-bond donors (Lipinski definition) is 1. The summed E-state index contributed by atoms with van der Waals surface area (Å²) in [5.74, 6) is 0.211. The molecule has 1 amide bonds. The molecule has 1 N–H and O–H groups in total. The molecule has 5 rings (SSSR count). The molecule has 1 heterocycles. The number of nitrogens with one attached hydrogen (secondary N) is 1. The second-order valence-electron chi connectivity index (χ2n) is 11.5. The van der Waals surface area contributed by atoms with E-state index in [-0.39, 0.29) is 11.3 Å². The fourth-order valence-electron chi connectivity index (χ4n) is 5.06. The summed E-state index contributed by atoms with van der Waals surface area (Å²) in [7, 11) is 0. The lowest BCUT2D eigenvalue weighted by molar-refractivity contribution is -0.133. The highest BCUT2D eigenvalue weighted by molar-refractivity contribution is 5.83. The minimum Gasteiger partial charge on any atom is -0.361 e. The Morgan fingerprint density at radius 1 is 0.865 bits per heavy atom. The van der Waals surface area contributed by atoms with Gasteiger partial charge in [0.25, 0.3) is 0 Å². The SMILES string of the molecule is CC(C)(C)c1ccc(CN(CCc2c[nH]c3ccccc23)C(=O)CN(Cc2ccccc2)C2CC2)cc1. The zero-order chi connectivity index (χ0) is 25.8. The number of aromatic amines is 1. The van der Waals surface area contributed by atoms with Crippen LogP contribution in [0.3, 0.4) is 0 Å². The molecule has 0 unspecified atom stereocenters. The van der Waals surface area contributed by atoms with Crippen molar-refractivity contribution in [1.29, 1.82) is 0 Å². The van der Waals surface area contributed by atoms with E-state index in [2.05, 4.69) is 115 Å². The molecule has 4 heteroatoms. The number of aromatic nitrogens is 1. The van der Waals surface area contributed by atoms with E-state index in [0.29, 0.717) is 25.7 Å². The zero-order valence-electron chi connectivity index (χ0n) is 22.4. The summed E-state index contributed by atoms with van der Waals surface area (Å²) >= 11 is 0. The predicted molar refractivity (Wildman–Crippen MR) is 152 cm³/mol. The van der Waals surface area contributed by atoms with Gasteiger partial charge in [-0.15, -0.1) is 0 Å². The van der Waals surface area contributed by atoms with Crippen molar-refractivity contribution in [1.82, 2.24) is 14.8 Å². The number of nitrogens with zero attached hydrogens (tertiary/aromatic N) is 2. The van der Waals surface area contributed by atoms with Gasteiger partial charge >= 0.3 is 0 Å². The number of H-pyrrole nitrogens is 1. The van der Waals surface area contributed by atoms with Crippen molar-refractivity contribution in [2.75, 3.05) is 13.1 Å². The molecular formula is C33H39N3O. The van der Waals surface area contributed by atoms with E-state index in [1.54, 1.807) is 0 Å². The summed E-state index contributed by atoms with van der Waals surface area (Å²) in [6.45, 7) is 9.33. The van der Waals surface area contributed by atoms with Crippen LogP contribution in [0, 0.1) is 0 Å². The largest absolute Gasteiger partial charge is 0.361 e. The smallest absolute Gasteiger partial charge is 0.237 e. The standard InChI is InChI=1S/C33H39N3O/c1-33(2,3)28-15-13-26(14-16-28)22-35(20-19-27-21-34-31-12-8-7-11-30(27)31)32(37)24-36(29-17-18-29)23-25-9-5-4-6-10-25/h4-16,21,29,34H,17-20,22-24H2,1-3H3. The first-order chi connectivity index (χ1) is 17.9. The number of para-hydroxylation sites is 1. The van der Waals surface area contributed by atoms with Crippen LogP contribution in [0.25, 0.3) is 10.9 Å². The van der Waals surface area contributed by atoms with Crippen LogP contribution in [0.5, 0.6) is 0 Å². The van der Waals surface area contributed by atoms with Gasteiger partial charge in [0, 0.05) is 42.8 Å². The Kier molecular flexibility index (Phi) is 7.48. The number of benzene rings is 3. The highest BCUT2D eigenvalue weighted by Gasteiger charge is 2.31. The molecule has 1 aromatic heterocycles. The van der Waals surface area contributed by atoms with Gasteiger partial charge in [-0.25, -0.2) is 0 Å². The number of carbonyl (C=O) groups is 1.